The number of amidine groups is 1. The summed E-state index contributed by atoms with van der Waals surface area (Å²) in [4.78, 5) is 3.72. The summed E-state index contributed by atoms with van der Waals surface area (Å²) < 4.78 is 1.47. The lowest BCUT2D eigenvalue weighted by Gasteiger charge is -1.86. The first-order valence-corrected chi connectivity index (χ1v) is 2.57. The molecule has 0 amide bonds. The molecule has 0 aliphatic carbocycles. The lowest BCUT2D eigenvalue weighted by Crippen LogP contribution is -2.15. The molecule has 6 nitrogen and oxygen atoms in total. The highest BCUT2D eigenvalue weighted by atomic mass is 16.4. The zero-order chi connectivity index (χ0) is 7.56. The summed E-state index contributed by atoms with van der Waals surface area (Å²) in [5, 5.41) is 14.7. The standard InChI is InChI=1S/C4H7N5O/c1-9-2-6-4(7-9)3(5)8-10/h2,10H,1H3,(H2,5,8). The van der Waals surface area contributed by atoms with Crippen LogP contribution in [0.2, 0.25) is 0 Å². The number of rotatable bonds is 1. The van der Waals surface area contributed by atoms with E-state index in [-0.39, 0.29) is 11.7 Å². The summed E-state index contributed by atoms with van der Waals surface area (Å²) in [6, 6.07) is 0. The van der Waals surface area contributed by atoms with Crippen LogP contribution in [0, 0.1) is 0 Å². The molecule has 0 saturated heterocycles. The summed E-state index contributed by atoms with van der Waals surface area (Å²) in [7, 11) is 1.70. The van der Waals surface area contributed by atoms with Crippen molar-refractivity contribution in [2.24, 2.45) is 17.9 Å². The molecule has 1 rings (SSSR count). The second-order valence-electron chi connectivity index (χ2n) is 1.73. The summed E-state index contributed by atoms with van der Waals surface area (Å²) in [6.45, 7) is 0. The van der Waals surface area contributed by atoms with Crippen molar-refractivity contribution in [1.82, 2.24) is 14.8 Å². The molecule has 0 aliphatic rings. The molecule has 0 fully saturated rings. The van der Waals surface area contributed by atoms with Gasteiger partial charge in [-0.3, -0.25) is 4.68 Å². The van der Waals surface area contributed by atoms with Crippen molar-refractivity contribution in [3.8, 4) is 0 Å². The zero-order valence-corrected chi connectivity index (χ0v) is 5.39. The van der Waals surface area contributed by atoms with Gasteiger partial charge in [-0.1, -0.05) is 5.16 Å². The number of aryl methyl sites for hydroxylation is 1. The normalized spacial score (nSPS) is 11.9. The van der Waals surface area contributed by atoms with Gasteiger partial charge >= 0.3 is 0 Å². The van der Waals surface area contributed by atoms with E-state index < -0.39 is 0 Å². The summed E-state index contributed by atoms with van der Waals surface area (Å²) >= 11 is 0. The second kappa shape index (κ2) is 2.34. The van der Waals surface area contributed by atoms with E-state index in [9.17, 15) is 0 Å². The van der Waals surface area contributed by atoms with Gasteiger partial charge in [-0.25, -0.2) is 4.98 Å². The third-order valence-electron chi connectivity index (χ3n) is 0.936. The van der Waals surface area contributed by atoms with Crippen molar-refractivity contribution in [1.29, 1.82) is 0 Å². The Hall–Kier alpha value is -1.59. The number of nitrogens with zero attached hydrogens (tertiary/aromatic N) is 4. The first kappa shape index (κ1) is 6.53. The molecule has 1 aromatic rings. The van der Waals surface area contributed by atoms with E-state index >= 15 is 0 Å². The predicted octanol–water partition coefficient (Wildman–Crippen LogP) is -1.09. The highest BCUT2D eigenvalue weighted by Crippen LogP contribution is 1.85. The molecule has 10 heavy (non-hydrogen) atoms. The van der Waals surface area contributed by atoms with Crippen LogP contribution in [0.15, 0.2) is 11.5 Å². The van der Waals surface area contributed by atoms with Gasteiger partial charge in [0.1, 0.15) is 6.33 Å². The Morgan fingerprint density at radius 2 is 2.60 bits per heavy atom. The Balaban J connectivity index is 2.95. The third-order valence-corrected chi connectivity index (χ3v) is 0.936. The molecular formula is C4H7N5O. The van der Waals surface area contributed by atoms with Gasteiger partial charge in [0.2, 0.25) is 11.7 Å². The molecule has 0 spiro atoms. The quantitative estimate of drug-likeness (QED) is 0.225. The Morgan fingerprint density at radius 3 is 3.00 bits per heavy atom. The topological polar surface area (TPSA) is 89.3 Å². The van der Waals surface area contributed by atoms with E-state index in [4.69, 9.17) is 10.9 Å². The van der Waals surface area contributed by atoms with Crippen molar-refractivity contribution in [2.45, 2.75) is 0 Å². The van der Waals surface area contributed by atoms with E-state index in [1.165, 1.54) is 11.0 Å². The molecule has 54 valence electrons. The molecule has 0 unspecified atom stereocenters. The number of aromatic nitrogens is 3. The molecule has 0 radical (unpaired) electrons. The van der Waals surface area contributed by atoms with Gasteiger partial charge in [-0.05, 0) is 0 Å². The molecule has 0 bridgehead atoms. The summed E-state index contributed by atoms with van der Waals surface area (Å²) in [5.41, 5.74) is 5.17. The maximum atomic E-state index is 8.17. The zero-order valence-electron chi connectivity index (χ0n) is 5.39. The van der Waals surface area contributed by atoms with Gasteiger partial charge in [0.25, 0.3) is 0 Å². The summed E-state index contributed by atoms with van der Waals surface area (Å²) in [5.74, 6) is 0.144. The predicted molar refractivity (Wildman–Crippen MR) is 33.5 cm³/mol. The Morgan fingerprint density at radius 1 is 1.90 bits per heavy atom. The van der Waals surface area contributed by atoms with E-state index in [0.29, 0.717) is 0 Å². The van der Waals surface area contributed by atoms with E-state index in [1.54, 1.807) is 7.05 Å². The fraction of sp³-hybridized carbons (Fsp3) is 0.250. The summed E-state index contributed by atoms with van der Waals surface area (Å²) in [6.07, 6.45) is 1.47. The van der Waals surface area contributed by atoms with Gasteiger partial charge in [-0.15, -0.1) is 5.10 Å². The van der Waals surface area contributed by atoms with Crippen LogP contribution < -0.4 is 5.73 Å². The van der Waals surface area contributed by atoms with Crippen LogP contribution in [0.5, 0.6) is 0 Å². The van der Waals surface area contributed by atoms with Gasteiger partial charge in [0, 0.05) is 7.05 Å². The number of oxime groups is 1. The Kier molecular flexibility index (Phi) is 1.53. The first-order chi connectivity index (χ1) is 4.74. The molecule has 0 aromatic carbocycles. The minimum absolute atomic E-state index is 0.0828. The Bertz CT molecular complexity index is 252. The van der Waals surface area contributed by atoms with Crippen molar-refractivity contribution in [2.75, 3.05) is 0 Å². The van der Waals surface area contributed by atoms with Crippen LogP contribution in [-0.2, 0) is 7.05 Å². The van der Waals surface area contributed by atoms with Crippen LogP contribution >= 0.6 is 0 Å². The monoisotopic (exact) mass is 141 g/mol. The number of hydrogen-bond acceptors (Lipinski definition) is 4. The van der Waals surface area contributed by atoms with E-state index in [0.717, 1.165) is 0 Å². The lowest BCUT2D eigenvalue weighted by atomic mass is 10.6. The maximum absolute atomic E-state index is 8.17. The van der Waals surface area contributed by atoms with Crippen molar-refractivity contribution in [3.63, 3.8) is 0 Å². The van der Waals surface area contributed by atoms with Gasteiger partial charge in [-0.2, -0.15) is 0 Å². The number of nitrogens with two attached hydrogens (primary N) is 1. The average Bonchev–Trinajstić information content (AvgIpc) is 2.34. The molecular weight excluding hydrogens is 134 g/mol. The fourth-order valence-electron chi connectivity index (χ4n) is 0.501. The molecule has 6 heteroatoms. The van der Waals surface area contributed by atoms with Crippen LogP contribution in [0.25, 0.3) is 0 Å². The average molecular weight is 141 g/mol. The van der Waals surface area contributed by atoms with Crippen molar-refractivity contribution < 1.29 is 5.21 Å². The van der Waals surface area contributed by atoms with Crippen LogP contribution in [0.4, 0.5) is 0 Å². The minimum atomic E-state index is -0.0828. The highest BCUT2D eigenvalue weighted by molar-refractivity contribution is 5.93. The molecule has 0 saturated carbocycles. The minimum Gasteiger partial charge on any atom is -0.409 e. The third kappa shape index (κ3) is 1.04. The van der Waals surface area contributed by atoms with E-state index in [1.807, 2.05) is 0 Å². The SMILES string of the molecule is Cn1cnc(C(N)=NO)n1. The number of hydrogen-bond donors (Lipinski definition) is 2. The second-order valence-corrected chi connectivity index (χ2v) is 1.73. The van der Waals surface area contributed by atoms with Crippen molar-refractivity contribution in [3.05, 3.63) is 12.2 Å². The van der Waals surface area contributed by atoms with Crippen LogP contribution in [0.1, 0.15) is 5.82 Å². The van der Waals surface area contributed by atoms with Gasteiger partial charge < -0.3 is 10.9 Å². The smallest absolute Gasteiger partial charge is 0.219 e. The van der Waals surface area contributed by atoms with Gasteiger partial charge in [0.05, 0.1) is 0 Å². The molecule has 0 aliphatic heterocycles. The molecule has 3 N–H and O–H groups in total. The molecule has 1 heterocycles. The van der Waals surface area contributed by atoms with Crippen LogP contribution in [0.3, 0.4) is 0 Å². The first-order valence-electron chi connectivity index (χ1n) is 2.57. The fourth-order valence-corrected chi connectivity index (χ4v) is 0.501. The maximum Gasteiger partial charge on any atom is 0.219 e. The van der Waals surface area contributed by atoms with Crippen molar-refractivity contribution >= 4 is 5.84 Å². The van der Waals surface area contributed by atoms with Crippen LogP contribution in [-0.4, -0.2) is 25.8 Å². The highest BCUT2D eigenvalue weighted by Gasteiger charge is 2.02. The Labute approximate surface area is 57.0 Å². The lowest BCUT2D eigenvalue weighted by molar-refractivity contribution is 0.318. The van der Waals surface area contributed by atoms with E-state index in [2.05, 4.69) is 15.2 Å². The van der Waals surface area contributed by atoms with Gasteiger partial charge in [0.15, 0.2) is 0 Å². The molecule has 1 aromatic heterocycles. The molecule has 0 atom stereocenters. The largest absolute Gasteiger partial charge is 0.409 e.